The Kier molecular flexibility index (Phi) is 2.98. The van der Waals surface area contributed by atoms with Crippen molar-refractivity contribution in [1.29, 1.82) is 0 Å². The van der Waals surface area contributed by atoms with E-state index in [9.17, 15) is 9.90 Å². The van der Waals surface area contributed by atoms with Gasteiger partial charge >= 0.3 is 5.97 Å². The summed E-state index contributed by atoms with van der Waals surface area (Å²) in [6, 6.07) is 5.22. The van der Waals surface area contributed by atoms with Crippen LogP contribution in [-0.2, 0) is 11.8 Å². The minimum atomic E-state index is -0.881. The molecule has 0 atom stereocenters. The zero-order valence-electron chi connectivity index (χ0n) is 11.5. The molecule has 0 spiro atoms. The van der Waals surface area contributed by atoms with Crippen molar-refractivity contribution in [2.75, 3.05) is 0 Å². The van der Waals surface area contributed by atoms with Gasteiger partial charge in [-0.15, -0.1) is 0 Å². The molecule has 3 nitrogen and oxygen atoms in total. The lowest BCUT2D eigenvalue weighted by atomic mass is 9.74. The lowest BCUT2D eigenvalue weighted by molar-refractivity contribution is 0.0697. The molecular weight excluding hydrogens is 274 g/mol. The molecule has 0 radical (unpaired) electrons. The van der Waals surface area contributed by atoms with E-state index in [0.29, 0.717) is 21.5 Å². The third kappa shape index (κ3) is 1.97. The number of aromatic nitrogens is 1. The molecule has 0 saturated carbocycles. The van der Waals surface area contributed by atoms with Gasteiger partial charge in [-0.2, -0.15) is 0 Å². The quantitative estimate of drug-likeness (QED) is 0.856. The summed E-state index contributed by atoms with van der Waals surface area (Å²) in [7, 11) is 0. The lowest BCUT2D eigenvalue weighted by Crippen LogP contribution is -2.27. The Morgan fingerprint density at radius 2 is 2.15 bits per heavy atom. The molecule has 0 amide bonds. The highest BCUT2D eigenvalue weighted by Gasteiger charge is 2.33. The number of benzene rings is 1. The number of carboxylic acids is 1. The van der Waals surface area contributed by atoms with Gasteiger partial charge < -0.3 is 5.11 Å². The van der Waals surface area contributed by atoms with Crippen LogP contribution in [-0.4, -0.2) is 16.1 Å². The van der Waals surface area contributed by atoms with E-state index in [4.69, 9.17) is 16.6 Å². The minimum Gasteiger partial charge on any atom is -0.478 e. The Morgan fingerprint density at radius 1 is 1.40 bits per heavy atom. The van der Waals surface area contributed by atoms with Crippen molar-refractivity contribution in [3.05, 3.63) is 40.0 Å². The Morgan fingerprint density at radius 3 is 2.85 bits per heavy atom. The molecule has 20 heavy (non-hydrogen) atoms. The van der Waals surface area contributed by atoms with Gasteiger partial charge in [0.05, 0.1) is 16.8 Å². The predicted molar refractivity (Wildman–Crippen MR) is 79.7 cm³/mol. The number of carbonyl (C=O) groups is 1. The summed E-state index contributed by atoms with van der Waals surface area (Å²) in [6.07, 6.45) is 2.81. The van der Waals surface area contributed by atoms with E-state index in [-0.39, 0.29) is 5.41 Å². The molecule has 0 unspecified atom stereocenters. The van der Waals surface area contributed by atoms with Crippen molar-refractivity contribution in [2.45, 2.75) is 38.5 Å². The van der Waals surface area contributed by atoms with Gasteiger partial charge in [-0.1, -0.05) is 31.5 Å². The fourth-order valence-corrected chi connectivity index (χ4v) is 3.32. The van der Waals surface area contributed by atoms with Crippen molar-refractivity contribution in [1.82, 2.24) is 4.98 Å². The van der Waals surface area contributed by atoms with E-state index >= 15 is 0 Å². The number of pyridine rings is 1. The summed E-state index contributed by atoms with van der Waals surface area (Å²) < 4.78 is 0. The van der Waals surface area contributed by atoms with E-state index in [1.807, 2.05) is 0 Å². The number of hydrogen-bond acceptors (Lipinski definition) is 2. The summed E-state index contributed by atoms with van der Waals surface area (Å²) in [4.78, 5) is 16.4. The molecule has 0 bridgehead atoms. The van der Waals surface area contributed by atoms with Gasteiger partial charge in [-0.3, -0.25) is 4.98 Å². The monoisotopic (exact) mass is 289 g/mol. The summed E-state index contributed by atoms with van der Waals surface area (Å²) in [5.41, 5.74) is 2.78. The van der Waals surface area contributed by atoms with E-state index in [1.54, 1.807) is 18.2 Å². The molecule has 1 aliphatic carbocycles. The maximum absolute atomic E-state index is 11.7. The standard InChI is InChI=1S/C16H16ClNO2/c1-16(2)7-3-4-11-13(15(19)20)10-6-5-9(17)8-12(10)18-14(11)16/h5-6,8H,3-4,7H2,1-2H3,(H,19,20). The van der Waals surface area contributed by atoms with E-state index < -0.39 is 5.97 Å². The fraction of sp³-hybridized carbons (Fsp3) is 0.375. The van der Waals surface area contributed by atoms with Crippen LogP contribution in [0.5, 0.6) is 0 Å². The summed E-state index contributed by atoms with van der Waals surface area (Å²) >= 11 is 6.02. The highest BCUT2D eigenvalue weighted by Crippen LogP contribution is 2.39. The van der Waals surface area contributed by atoms with Crippen LogP contribution in [0, 0.1) is 0 Å². The number of fused-ring (bicyclic) bond motifs is 2. The molecule has 0 aliphatic heterocycles. The van der Waals surface area contributed by atoms with Crippen LogP contribution >= 0.6 is 11.6 Å². The normalized spacial score (nSPS) is 16.9. The fourth-order valence-electron chi connectivity index (χ4n) is 3.15. The van der Waals surface area contributed by atoms with Crippen LogP contribution < -0.4 is 0 Å². The second kappa shape index (κ2) is 4.45. The van der Waals surface area contributed by atoms with E-state index in [1.165, 1.54) is 0 Å². The highest BCUT2D eigenvalue weighted by molar-refractivity contribution is 6.31. The maximum Gasteiger partial charge on any atom is 0.336 e. The van der Waals surface area contributed by atoms with Crippen molar-refractivity contribution in [3.63, 3.8) is 0 Å². The summed E-state index contributed by atoms with van der Waals surface area (Å²) in [6.45, 7) is 4.25. The molecule has 1 aromatic heterocycles. The molecule has 4 heteroatoms. The van der Waals surface area contributed by atoms with Crippen molar-refractivity contribution in [3.8, 4) is 0 Å². The average Bonchev–Trinajstić information content (AvgIpc) is 2.36. The van der Waals surface area contributed by atoms with Crippen LogP contribution in [0.3, 0.4) is 0 Å². The van der Waals surface area contributed by atoms with Gasteiger partial charge in [0, 0.05) is 15.8 Å². The molecule has 1 aromatic carbocycles. The number of halogens is 1. The zero-order valence-corrected chi connectivity index (χ0v) is 12.3. The third-order valence-electron chi connectivity index (χ3n) is 4.13. The van der Waals surface area contributed by atoms with Gasteiger partial charge in [-0.25, -0.2) is 4.79 Å². The number of aromatic carboxylic acids is 1. The summed E-state index contributed by atoms with van der Waals surface area (Å²) in [5.74, 6) is -0.881. The Bertz CT molecular complexity index is 722. The zero-order chi connectivity index (χ0) is 14.5. The van der Waals surface area contributed by atoms with Crippen LogP contribution in [0.4, 0.5) is 0 Å². The molecule has 104 valence electrons. The van der Waals surface area contributed by atoms with Crippen molar-refractivity contribution in [2.24, 2.45) is 0 Å². The van der Waals surface area contributed by atoms with E-state index in [2.05, 4.69) is 13.8 Å². The largest absolute Gasteiger partial charge is 0.478 e. The highest BCUT2D eigenvalue weighted by atomic mass is 35.5. The molecule has 2 aromatic rings. The van der Waals surface area contributed by atoms with Crippen LogP contribution in [0.25, 0.3) is 10.9 Å². The molecular formula is C16H16ClNO2. The summed E-state index contributed by atoms with van der Waals surface area (Å²) in [5, 5.41) is 10.9. The molecule has 3 rings (SSSR count). The number of rotatable bonds is 1. The Hall–Kier alpha value is -1.61. The van der Waals surface area contributed by atoms with Crippen LogP contribution in [0.1, 0.15) is 48.3 Å². The molecule has 1 heterocycles. The first-order valence-corrected chi connectivity index (χ1v) is 7.14. The van der Waals surface area contributed by atoms with Gasteiger partial charge in [0.25, 0.3) is 0 Å². The maximum atomic E-state index is 11.7. The number of hydrogen-bond donors (Lipinski definition) is 1. The van der Waals surface area contributed by atoms with Gasteiger partial charge in [-0.05, 0) is 37.0 Å². The van der Waals surface area contributed by atoms with Crippen molar-refractivity contribution < 1.29 is 9.90 Å². The van der Waals surface area contributed by atoms with Gasteiger partial charge in [0.2, 0.25) is 0 Å². The Balaban J connectivity index is 2.44. The number of nitrogens with zero attached hydrogens (tertiary/aromatic N) is 1. The first-order chi connectivity index (χ1) is 9.40. The van der Waals surface area contributed by atoms with Crippen LogP contribution in [0.2, 0.25) is 5.02 Å². The topological polar surface area (TPSA) is 50.2 Å². The first-order valence-electron chi connectivity index (χ1n) is 6.76. The Labute approximate surface area is 122 Å². The van der Waals surface area contributed by atoms with Crippen LogP contribution in [0.15, 0.2) is 18.2 Å². The molecule has 0 fully saturated rings. The second-order valence-corrected chi connectivity index (χ2v) is 6.45. The average molecular weight is 290 g/mol. The SMILES string of the molecule is CC1(C)CCCc2c1nc1cc(Cl)ccc1c2C(=O)O. The third-order valence-corrected chi connectivity index (χ3v) is 4.37. The molecule has 0 saturated heterocycles. The minimum absolute atomic E-state index is 0.0890. The molecule has 1 N–H and O–H groups in total. The van der Waals surface area contributed by atoms with Gasteiger partial charge in [0.1, 0.15) is 0 Å². The van der Waals surface area contributed by atoms with E-state index in [0.717, 1.165) is 30.5 Å². The van der Waals surface area contributed by atoms with Crippen molar-refractivity contribution >= 4 is 28.5 Å². The smallest absolute Gasteiger partial charge is 0.336 e. The predicted octanol–water partition coefficient (Wildman–Crippen LogP) is 4.20. The first kappa shape index (κ1) is 13.4. The lowest BCUT2D eigenvalue weighted by Gasteiger charge is -2.32. The second-order valence-electron chi connectivity index (χ2n) is 6.02. The molecule has 1 aliphatic rings. The van der Waals surface area contributed by atoms with Gasteiger partial charge in [0.15, 0.2) is 0 Å². The number of carboxylic acid groups (broad SMARTS) is 1.